The van der Waals surface area contributed by atoms with E-state index in [0.29, 0.717) is 16.5 Å². The maximum atomic E-state index is 12.9. The first-order valence-corrected chi connectivity index (χ1v) is 11.5. The van der Waals surface area contributed by atoms with Crippen LogP contribution in [-0.4, -0.2) is 70.5 Å². The minimum Gasteiger partial charge on any atom is -0.480 e. The lowest BCUT2D eigenvalue weighted by Crippen LogP contribution is -2.50. The van der Waals surface area contributed by atoms with E-state index in [9.17, 15) is 28.2 Å². The highest BCUT2D eigenvalue weighted by Gasteiger charge is 2.35. The summed E-state index contributed by atoms with van der Waals surface area (Å²) < 4.78 is 28.7. The van der Waals surface area contributed by atoms with Crippen LogP contribution in [0.15, 0.2) is 65.7 Å². The molecule has 1 atom stereocenters. The van der Waals surface area contributed by atoms with Gasteiger partial charge in [-0.2, -0.15) is 4.31 Å². The van der Waals surface area contributed by atoms with Gasteiger partial charge in [-0.3, -0.25) is 14.5 Å². The van der Waals surface area contributed by atoms with Gasteiger partial charge in [0, 0.05) is 48.8 Å². The number of carboxylic acids is 2. The molecule has 4 rings (SSSR count). The van der Waals surface area contributed by atoms with Crippen LogP contribution in [0.25, 0.3) is 10.9 Å². The number of nitrogens with zero attached hydrogens (tertiary/aromatic N) is 3. The van der Waals surface area contributed by atoms with Crippen LogP contribution in [0.4, 0.5) is 0 Å². The fourth-order valence-corrected chi connectivity index (χ4v) is 5.64. The lowest BCUT2D eigenvalue weighted by molar-refractivity contribution is -0.144. The summed E-state index contributed by atoms with van der Waals surface area (Å²) in [7, 11) is -3.65. The molecule has 1 fully saturated rings. The minimum absolute atomic E-state index is 0.161. The van der Waals surface area contributed by atoms with Crippen LogP contribution in [0.2, 0.25) is 0 Å². The van der Waals surface area contributed by atoms with Crippen LogP contribution in [0, 0.1) is 0 Å². The van der Waals surface area contributed by atoms with Gasteiger partial charge in [0.2, 0.25) is 10.0 Å². The lowest BCUT2D eigenvalue weighted by Gasteiger charge is -2.37. The Hall–Kier alpha value is -3.21. The first-order chi connectivity index (χ1) is 15.3. The molecule has 3 aromatic rings. The van der Waals surface area contributed by atoms with Crippen molar-refractivity contribution in [2.75, 3.05) is 26.2 Å². The second-order valence-corrected chi connectivity index (χ2v) is 9.56. The number of rotatable bonds is 7. The molecule has 32 heavy (non-hydrogen) atoms. The quantitative estimate of drug-likeness (QED) is 0.556. The van der Waals surface area contributed by atoms with Gasteiger partial charge in [-0.05, 0) is 18.2 Å². The summed E-state index contributed by atoms with van der Waals surface area (Å²) in [4.78, 5) is 25.5. The van der Waals surface area contributed by atoms with Gasteiger partial charge in [0.15, 0.2) is 0 Å². The molecule has 1 unspecified atom stereocenters. The second kappa shape index (κ2) is 8.73. The van der Waals surface area contributed by atoms with Gasteiger partial charge in [-0.15, -0.1) is 0 Å². The Morgan fingerprint density at radius 3 is 2.16 bits per heavy atom. The van der Waals surface area contributed by atoms with Crippen molar-refractivity contribution in [2.24, 2.45) is 0 Å². The van der Waals surface area contributed by atoms with E-state index in [-0.39, 0.29) is 37.6 Å². The van der Waals surface area contributed by atoms with E-state index in [1.165, 1.54) is 8.87 Å². The molecule has 0 amide bonds. The molecule has 0 spiro atoms. The smallest absolute Gasteiger partial charge is 0.325 e. The van der Waals surface area contributed by atoms with E-state index in [1.54, 1.807) is 65.7 Å². The van der Waals surface area contributed by atoms with Gasteiger partial charge in [0.05, 0.1) is 4.90 Å². The number of para-hydroxylation sites is 1. The normalized spacial score (nSPS) is 16.8. The van der Waals surface area contributed by atoms with E-state index >= 15 is 0 Å². The highest BCUT2D eigenvalue weighted by atomic mass is 32.2. The molecule has 0 radical (unpaired) electrons. The molecule has 9 nitrogen and oxygen atoms in total. The molecule has 0 bridgehead atoms. The summed E-state index contributed by atoms with van der Waals surface area (Å²) in [6, 6.07) is 14.2. The fourth-order valence-electron chi connectivity index (χ4n) is 4.20. The molecule has 168 valence electrons. The maximum Gasteiger partial charge on any atom is 0.325 e. The molecule has 1 aliphatic rings. The molecule has 10 heteroatoms. The molecular formula is C22H23N3O6S. The van der Waals surface area contributed by atoms with Crippen LogP contribution >= 0.6 is 0 Å². The van der Waals surface area contributed by atoms with Gasteiger partial charge in [-0.1, -0.05) is 36.4 Å². The second-order valence-electron chi connectivity index (χ2n) is 7.62. The number of aromatic nitrogens is 1. The third-order valence-electron chi connectivity index (χ3n) is 5.67. The van der Waals surface area contributed by atoms with Crippen LogP contribution in [0.5, 0.6) is 0 Å². The number of aliphatic carboxylic acids is 2. The van der Waals surface area contributed by atoms with Crippen LogP contribution < -0.4 is 0 Å². The maximum absolute atomic E-state index is 12.9. The molecular weight excluding hydrogens is 434 g/mol. The van der Waals surface area contributed by atoms with E-state index in [1.807, 2.05) is 0 Å². The first-order valence-electron chi connectivity index (χ1n) is 10.1. The fraction of sp³-hybridized carbons (Fsp3) is 0.273. The Balaban J connectivity index is 1.61. The largest absolute Gasteiger partial charge is 0.480 e. The number of carbonyl (C=O) groups is 2. The Morgan fingerprint density at radius 2 is 1.53 bits per heavy atom. The van der Waals surface area contributed by atoms with Gasteiger partial charge >= 0.3 is 11.9 Å². The predicted molar refractivity (Wildman–Crippen MR) is 117 cm³/mol. The summed E-state index contributed by atoms with van der Waals surface area (Å²) in [6.07, 6.45) is 1.57. The summed E-state index contributed by atoms with van der Waals surface area (Å²) in [5.74, 6) is -2.09. The SMILES string of the molecule is O=C(O)Cn1cc(C(C(=O)O)N2CCN(S(=O)(=O)c3ccccc3)CC2)c2ccccc21. The minimum atomic E-state index is -3.65. The summed E-state index contributed by atoms with van der Waals surface area (Å²) >= 11 is 0. The van der Waals surface area contributed by atoms with E-state index < -0.39 is 28.0 Å². The zero-order valence-electron chi connectivity index (χ0n) is 17.2. The number of sulfonamides is 1. The van der Waals surface area contributed by atoms with Gasteiger partial charge in [0.25, 0.3) is 0 Å². The Kier molecular flexibility index (Phi) is 6.00. The Morgan fingerprint density at radius 1 is 0.906 bits per heavy atom. The number of hydrogen-bond donors (Lipinski definition) is 2. The average molecular weight is 458 g/mol. The number of benzene rings is 2. The van der Waals surface area contributed by atoms with E-state index in [4.69, 9.17) is 0 Å². The van der Waals surface area contributed by atoms with Crippen LogP contribution in [0.1, 0.15) is 11.6 Å². The standard InChI is InChI=1S/C22H23N3O6S/c26-20(27)15-24-14-18(17-8-4-5-9-19(17)24)21(22(28)29)23-10-12-25(13-11-23)32(30,31)16-6-2-1-3-7-16/h1-9,14,21H,10-13,15H2,(H,26,27)(H,28,29). The van der Waals surface area contributed by atoms with E-state index in [2.05, 4.69) is 0 Å². The number of carboxylic acid groups (broad SMARTS) is 2. The number of hydrogen-bond acceptors (Lipinski definition) is 5. The first kappa shape index (κ1) is 22.0. The van der Waals surface area contributed by atoms with Crippen molar-refractivity contribution in [1.82, 2.24) is 13.8 Å². The molecule has 2 N–H and O–H groups in total. The molecule has 0 aliphatic carbocycles. The monoisotopic (exact) mass is 457 g/mol. The highest BCUT2D eigenvalue weighted by molar-refractivity contribution is 7.89. The van der Waals surface area contributed by atoms with Crippen molar-refractivity contribution in [3.63, 3.8) is 0 Å². The third kappa shape index (κ3) is 4.12. The summed E-state index contributed by atoms with van der Waals surface area (Å²) in [5, 5.41) is 19.9. The van der Waals surface area contributed by atoms with Crippen molar-refractivity contribution in [1.29, 1.82) is 0 Å². The average Bonchev–Trinajstić information content (AvgIpc) is 3.12. The Bertz CT molecular complexity index is 1250. The molecule has 2 heterocycles. The zero-order chi connectivity index (χ0) is 22.9. The highest BCUT2D eigenvalue weighted by Crippen LogP contribution is 2.32. The van der Waals surface area contributed by atoms with Crippen molar-refractivity contribution < 1.29 is 28.2 Å². The summed E-state index contributed by atoms with van der Waals surface area (Å²) in [6.45, 7) is 0.516. The van der Waals surface area contributed by atoms with Gasteiger partial charge in [0.1, 0.15) is 12.6 Å². The van der Waals surface area contributed by atoms with Crippen LogP contribution in [0.3, 0.4) is 0 Å². The lowest BCUT2D eigenvalue weighted by atomic mass is 10.0. The number of piperazine rings is 1. The molecule has 1 aromatic heterocycles. The number of fused-ring (bicyclic) bond motifs is 1. The molecule has 2 aromatic carbocycles. The van der Waals surface area contributed by atoms with E-state index in [0.717, 1.165) is 0 Å². The topological polar surface area (TPSA) is 120 Å². The van der Waals surface area contributed by atoms with Crippen molar-refractivity contribution in [3.05, 3.63) is 66.4 Å². The van der Waals surface area contributed by atoms with Gasteiger partial charge in [-0.25, -0.2) is 8.42 Å². The molecule has 1 aliphatic heterocycles. The molecule has 1 saturated heterocycles. The van der Waals surface area contributed by atoms with Crippen molar-refractivity contribution in [3.8, 4) is 0 Å². The zero-order valence-corrected chi connectivity index (χ0v) is 18.0. The van der Waals surface area contributed by atoms with Crippen molar-refractivity contribution in [2.45, 2.75) is 17.5 Å². The predicted octanol–water partition coefficient (Wildman–Crippen LogP) is 1.86. The Labute approximate surface area is 185 Å². The molecule has 0 saturated carbocycles. The van der Waals surface area contributed by atoms with Crippen molar-refractivity contribution >= 4 is 32.9 Å². The summed E-state index contributed by atoms with van der Waals surface area (Å²) in [5.41, 5.74) is 1.13. The van der Waals surface area contributed by atoms with Crippen LogP contribution in [-0.2, 0) is 26.2 Å². The third-order valence-corrected chi connectivity index (χ3v) is 7.59. The van der Waals surface area contributed by atoms with Gasteiger partial charge < -0.3 is 14.8 Å².